The first-order chi connectivity index (χ1) is 12.9. The SMILES string of the molecule is COC(=O)c1c(NC(=O)Cc2cccc(C)c2)sc2c1CCN(C(C)=O)C2. The first-order valence-electron chi connectivity index (χ1n) is 8.72. The van der Waals surface area contributed by atoms with Crippen LogP contribution in [0.5, 0.6) is 0 Å². The number of carbonyl (C=O) groups excluding carboxylic acids is 3. The Bertz CT molecular complexity index is 903. The number of esters is 1. The fourth-order valence-electron chi connectivity index (χ4n) is 3.26. The van der Waals surface area contributed by atoms with Gasteiger partial charge < -0.3 is 15.0 Å². The van der Waals surface area contributed by atoms with Crippen molar-refractivity contribution in [3.8, 4) is 0 Å². The van der Waals surface area contributed by atoms with Crippen LogP contribution in [0.3, 0.4) is 0 Å². The number of hydrogen-bond donors (Lipinski definition) is 1. The molecule has 142 valence electrons. The molecule has 1 aromatic heterocycles. The van der Waals surface area contributed by atoms with E-state index in [2.05, 4.69) is 5.32 Å². The zero-order valence-electron chi connectivity index (χ0n) is 15.6. The molecule has 0 fully saturated rings. The molecule has 6 nitrogen and oxygen atoms in total. The van der Waals surface area contributed by atoms with Gasteiger partial charge in [0, 0.05) is 18.3 Å². The number of methoxy groups -OCH3 is 1. The van der Waals surface area contributed by atoms with Gasteiger partial charge in [0.05, 0.1) is 25.6 Å². The number of amides is 2. The van der Waals surface area contributed by atoms with E-state index in [1.165, 1.54) is 25.4 Å². The van der Waals surface area contributed by atoms with E-state index in [0.29, 0.717) is 30.1 Å². The van der Waals surface area contributed by atoms with Crippen molar-refractivity contribution in [2.75, 3.05) is 19.0 Å². The van der Waals surface area contributed by atoms with E-state index in [-0.39, 0.29) is 18.2 Å². The normalized spacial score (nSPS) is 13.1. The van der Waals surface area contributed by atoms with Crippen molar-refractivity contribution >= 4 is 34.1 Å². The number of nitrogens with one attached hydrogen (secondary N) is 1. The lowest BCUT2D eigenvalue weighted by atomic mass is 10.0. The molecule has 2 amide bonds. The van der Waals surface area contributed by atoms with Crippen molar-refractivity contribution in [2.45, 2.75) is 33.2 Å². The predicted octanol–water partition coefficient (Wildman–Crippen LogP) is 2.93. The third-order valence-electron chi connectivity index (χ3n) is 4.59. The number of thiophene rings is 1. The molecule has 3 rings (SSSR count). The minimum atomic E-state index is -0.463. The summed E-state index contributed by atoms with van der Waals surface area (Å²) in [6, 6.07) is 7.76. The first kappa shape index (κ1) is 19.1. The van der Waals surface area contributed by atoms with Gasteiger partial charge in [0.2, 0.25) is 11.8 Å². The Kier molecular flexibility index (Phi) is 5.60. The summed E-state index contributed by atoms with van der Waals surface area (Å²) >= 11 is 1.34. The van der Waals surface area contributed by atoms with Gasteiger partial charge in [0.15, 0.2) is 0 Å². The average molecular weight is 386 g/mol. The van der Waals surface area contributed by atoms with Gasteiger partial charge in [0.1, 0.15) is 5.00 Å². The second-order valence-electron chi connectivity index (χ2n) is 6.60. The number of benzene rings is 1. The van der Waals surface area contributed by atoms with Crippen LogP contribution in [0.1, 0.15) is 38.8 Å². The lowest BCUT2D eigenvalue weighted by molar-refractivity contribution is -0.129. The molecule has 0 radical (unpaired) electrons. The average Bonchev–Trinajstić information content (AvgIpc) is 2.97. The Hall–Kier alpha value is -2.67. The van der Waals surface area contributed by atoms with E-state index in [9.17, 15) is 14.4 Å². The Morgan fingerprint density at radius 3 is 2.74 bits per heavy atom. The van der Waals surface area contributed by atoms with Gasteiger partial charge in [-0.25, -0.2) is 4.79 Å². The summed E-state index contributed by atoms with van der Waals surface area (Å²) < 4.78 is 4.93. The van der Waals surface area contributed by atoms with E-state index in [1.54, 1.807) is 4.90 Å². The van der Waals surface area contributed by atoms with E-state index in [0.717, 1.165) is 21.6 Å². The number of hydrogen-bond acceptors (Lipinski definition) is 5. The lowest BCUT2D eigenvalue weighted by Gasteiger charge is -2.25. The molecular formula is C20H22N2O4S. The van der Waals surface area contributed by atoms with Crippen LogP contribution in [0.2, 0.25) is 0 Å². The molecule has 1 N–H and O–H groups in total. The van der Waals surface area contributed by atoms with Crippen molar-refractivity contribution in [1.82, 2.24) is 4.90 Å². The summed E-state index contributed by atoms with van der Waals surface area (Å²) in [5.74, 6) is -0.652. The number of nitrogens with zero attached hydrogens (tertiary/aromatic N) is 1. The lowest BCUT2D eigenvalue weighted by Crippen LogP contribution is -2.33. The van der Waals surface area contributed by atoms with Crippen LogP contribution < -0.4 is 5.32 Å². The molecule has 0 saturated carbocycles. The number of ether oxygens (including phenoxy) is 1. The highest BCUT2D eigenvalue weighted by Crippen LogP contribution is 2.37. The molecule has 2 aromatic rings. The number of aryl methyl sites for hydroxylation is 1. The number of rotatable bonds is 4. The van der Waals surface area contributed by atoms with Crippen LogP contribution in [0, 0.1) is 6.92 Å². The maximum atomic E-state index is 12.5. The van der Waals surface area contributed by atoms with Crippen LogP contribution in [-0.4, -0.2) is 36.3 Å². The quantitative estimate of drug-likeness (QED) is 0.820. The van der Waals surface area contributed by atoms with Gasteiger partial charge in [-0.05, 0) is 24.5 Å². The van der Waals surface area contributed by atoms with Gasteiger partial charge in [-0.15, -0.1) is 11.3 Å². The maximum Gasteiger partial charge on any atom is 0.341 e. The van der Waals surface area contributed by atoms with E-state index < -0.39 is 5.97 Å². The highest BCUT2D eigenvalue weighted by molar-refractivity contribution is 7.17. The molecule has 2 heterocycles. The van der Waals surface area contributed by atoms with Crippen LogP contribution in [0.4, 0.5) is 5.00 Å². The number of anilines is 1. The summed E-state index contributed by atoms with van der Waals surface area (Å²) in [4.78, 5) is 39.2. The van der Waals surface area contributed by atoms with Crippen LogP contribution in [0.15, 0.2) is 24.3 Å². The van der Waals surface area contributed by atoms with Crippen molar-refractivity contribution < 1.29 is 19.1 Å². The van der Waals surface area contributed by atoms with Crippen molar-refractivity contribution in [3.05, 3.63) is 51.4 Å². The summed E-state index contributed by atoms with van der Waals surface area (Å²) in [7, 11) is 1.33. The molecule has 1 aliphatic rings. The molecule has 1 aliphatic heterocycles. The van der Waals surface area contributed by atoms with E-state index in [4.69, 9.17) is 4.74 Å². The molecule has 0 unspecified atom stereocenters. The highest BCUT2D eigenvalue weighted by atomic mass is 32.1. The largest absolute Gasteiger partial charge is 0.465 e. The monoisotopic (exact) mass is 386 g/mol. The molecule has 7 heteroatoms. The van der Waals surface area contributed by atoms with Gasteiger partial charge in [-0.2, -0.15) is 0 Å². The number of fused-ring (bicyclic) bond motifs is 1. The second-order valence-corrected chi connectivity index (χ2v) is 7.71. The van der Waals surface area contributed by atoms with Crippen molar-refractivity contribution in [3.63, 3.8) is 0 Å². The molecule has 27 heavy (non-hydrogen) atoms. The number of carbonyl (C=O) groups is 3. The fraction of sp³-hybridized carbons (Fsp3) is 0.350. The topological polar surface area (TPSA) is 75.7 Å². The molecule has 0 aliphatic carbocycles. The molecule has 0 atom stereocenters. The standard InChI is InChI=1S/C20H22N2O4S/c1-12-5-4-6-14(9-12)10-17(24)21-19-18(20(25)26-3)15-7-8-22(13(2)23)11-16(15)27-19/h4-6,9H,7-8,10-11H2,1-3H3,(H,21,24). The molecule has 0 spiro atoms. The Labute approximate surface area is 162 Å². The maximum absolute atomic E-state index is 12.5. The van der Waals surface area contributed by atoms with E-state index in [1.807, 2.05) is 31.2 Å². The Balaban J connectivity index is 1.85. The molecule has 0 bridgehead atoms. The second kappa shape index (κ2) is 7.92. The fourth-order valence-corrected chi connectivity index (χ4v) is 4.52. The summed E-state index contributed by atoms with van der Waals surface area (Å²) in [6.45, 7) is 4.52. The van der Waals surface area contributed by atoms with E-state index >= 15 is 0 Å². The van der Waals surface area contributed by atoms with Crippen LogP contribution >= 0.6 is 11.3 Å². The molecular weight excluding hydrogens is 364 g/mol. The van der Waals surface area contributed by atoms with Crippen molar-refractivity contribution in [2.24, 2.45) is 0 Å². The molecule has 0 saturated heterocycles. The minimum absolute atomic E-state index is 0.00120. The summed E-state index contributed by atoms with van der Waals surface area (Å²) in [5, 5.41) is 3.37. The van der Waals surface area contributed by atoms with Gasteiger partial charge >= 0.3 is 5.97 Å². The van der Waals surface area contributed by atoms with Crippen molar-refractivity contribution in [1.29, 1.82) is 0 Å². The Morgan fingerprint density at radius 1 is 1.30 bits per heavy atom. The third kappa shape index (κ3) is 4.19. The first-order valence-corrected chi connectivity index (χ1v) is 9.54. The Morgan fingerprint density at radius 2 is 2.07 bits per heavy atom. The predicted molar refractivity (Wildman–Crippen MR) is 104 cm³/mol. The zero-order valence-corrected chi connectivity index (χ0v) is 16.4. The summed E-state index contributed by atoms with van der Waals surface area (Å²) in [6.07, 6.45) is 0.800. The van der Waals surface area contributed by atoms with Gasteiger partial charge in [0.25, 0.3) is 0 Å². The van der Waals surface area contributed by atoms with Gasteiger partial charge in [-0.3, -0.25) is 9.59 Å². The third-order valence-corrected chi connectivity index (χ3v) is 5.72. The highest BCUT2D eigenvalue weighted by Gasteiger charge is 2.30. The van der Waals surface area contributed by atoms with Gasteiger partial charge in [-0.1, -0.05) is 29.8 Å². The molecule has 1 aromatic carbocycles. The summed E-state index contributed by atoms with van der Waals surface area (Å²) in [5.41, 5.74) is 3.29. The van der Waals surface area contributed by atoms with Crippen LogP contribution in [0.25, 0.3) is 0 Å². The zero-order chi connectivity index (χ0) is 19.6. The van der Waals surface area contributed by atoms with Crippen LogP contribution in [-0.2, 0) is 33.7 Å². The minimum Gasteiger partial charge on any atom is -0.465 e. The smallest absolute Gasteiger partial charge is 0.341 e.